The van der Waals surface area contributed by atoms with E-state index >= 15 is 0 Å². The number of likely N-dealkylation sites (N-methyl/N-ethyl adjacent to an activating group) is 1. The van der Waals surface area contributed by atoms with Gasteiger partial charge >= 0.3 is 0 Å². The molecule has 0 radical (unpaired) electrons. The first-order valence-electron chi connectivity index (χ1n) is 6.80. The standard InChI is InChI=1S/C14H18Br2N4O/c1-8(2)4-10(17-3)6-12-19-14(20-21-12)13-11(16)5-9(15)7-18-13/h5,7-8,10,17H,4,6H2,1-3H3. The van der Waals surface area contributed by atoms with Gasteiger partial charge in [-0.1, -0.05) is 19.0 Å². The summed E-state index contributed by atoms with van der Waals surface area (Å²) < 4.78 is 7.07. The van der Waals surface area contributed by atoms with Gasteiger partial charge < -0.3 is 9.84 Å². The molecule has 0 fully saturated rings. The van der Waals surface area contributed by atoms with E-state index in [4.69, 9.17) is 4.52 Å². The van der Waals surface area contributed by atoms with Crippen LogP contribution >= 0.6 is 31.9 Å². The molecular weight excluding hydrogens is 400 g/mol. The fourth-order valence-electron chi connectivity index (χ4n) is 2.10. The number of aromatic nitrogens is 3. The molecule has 0 amide bonds. The van der Waals surface area contributed by atoms with E-state index in [1.807, 2.05) is 13.1 Å². The molecule has 114 valence electrons. The molecule has 0 aliphatic heterocycles. The Morgan fingerprint density at radius 2 is 2.10 bits per heavy atom. The van der Waals surface area contributed by atoms with Crippen LogP contribution < -0.4 is 5.32 Å². The molecule has 2 heterocycles. The van der Waals surface area contributed by atoms with Gasteiger partial charge in [0.05, 0.1) is 0 Å². The Balaban J connectivity index is 2.14. The Hall–Kier alpha value is -0.790. The Labute approximate surface area is 141 Å². The zero-order chi connectivity index (χ0) is 15.4. The highest BCUT2D eigenvalue weighted by Gasteiger charge is 2.17. The predicted molar refractivity (Wildman–Crippen MR) is 88.9 cm³/mol. The second-order valence-electron chi connectivity index (χ2n) is 5.31. The number of rotatable bonds is 6. The van der Waals surface area contributed by atoms with Crippen molar-refractivity contribution < 1.29 is 4.52 Å². The molecule has 5 nitrogen and oxygen atoms in total. The number of halogens is 2. The predicted octanol–water partition coefficient (Wildman–Crippen LogP) is 3.83. The van der Waals surface area contributed by atoms with Crippen molar-refractivity contribution in [3.63, 3.8) is 0 Å². The zero-order valence-corrected chi connectivity index (χ0v) is 15.4. The normalized spacial score (nSPS) is 12.9. The molecule has 0 spiro atoms. The lowest BCUT2D eigenvalue weighted by Crippen LogP contribution is -2.29. The van der Waals surface area contributed by atoms with E-state index in [1.165, 1.54) is 0 Å². The van der Waals surface area contributed by atoms with Crippen LogP contribution in [-0.4, -0.2) is 28.2 Å². The Morgan fingerprint density at radius 1 is 1.33 bits per heavy atom. The fraction of sp³-hybridized carbons (Fsp3) is 0.500. The summed E-state index contributed by atoms with van der Waals surface area (Å²) in [4.78, 5) is 8.76. The van der Waals surface area contributed by atoms with E-state index in [2.05, 4.69) is 66.1 Å². The minimum Gasteiger partial charge on any atom is -0.339 e. The number of nitrogens with zero attached hydrogens (tertiary/aromatic N) is 3. The van der Waals surface area contributed by atoms with E-state index in [9.17, 15) is 0 Å². The molecule has 0 bridgehead atoms. The fourth-order valence-corrected chi connectivity index (χ4v) is 3.26. The van der Waals surface area contributed by atoms with Crippen molar-refractivity contribution in [1.82, 2.24) is 20.4 Å². The molecule has 1 N–H and O–H groups in total. The van der Waals surface area contributed by atoms with Gasteiger partial charge in [0.1, 0.15) is 5.69 Å². The van der Waals surface area contributed by atoms with E-state index in [1.54, 1.807) is 6.20 Å². The Morgan fingerprint density at radius 3 is 2.71 bits per heavy atom. The molecule has 0 saturated heterocycles. The molecule has 21 heavy (non-hydrogen) atoms. The van der Waals surface area contributed by atoms with Crippen molar-refractivity contribution in [3.05, 3.63) is 27.1 Å². The Bertz CT molecular complexity index is 600. The quantitative estimate of drug-likeness (QED) is 0.773. The minimum atomic E-state index is 0.333. The van der Waals surface area contributed by atoms with Crippen LogP contribution in [0.15, 0.2) is 25.7 Å². The lowest BCUT2D eigenvalue weighted by Gasteiger charge is -2.15. The molecule has 2 aromatic rings. The molecule has 0 saturated carbocycles. The summed E-state index contributed by atoms with van der Waals surface area (Å²) in [5, 5.41) is 7.31. The summed E-state index contributed by atoms with van der Waals surface area (Å²) in [5.41, 5.74) is 0.679. The van der Waals surface area contributed by atoms with Gasteiger partial charge in [0.15, 0.2) is 0 Å². The van der Waals surface area contributed by atoms with E-state index in [0.717, 1.165) is 21.8 Å². The average molecular weight is 418 g/mol. The molecule has 2 rings (SSSR count). The van der Waals surface area contributed by atoms with Gasteiger partial charge in [-0.3, -0.25) is 4.98 Å². The van der Waals surface area contributed by atoms with Crippen LogP contribution in [0.4, 0.5) is 0 Å². The topological polar surface area (TPSA) is 63.8 Å². The molecule has 2 aromatic heterocycles. The summed E-state index contributed by atoms with van der Waals surface area (Å²) in [6.07, 6.45) is 3.50. The number of hydrogen-bond donors (Lipinski definition) is 1. The van der Waals surface area contributed by atoms with Crippen molar-refractivity contribution >= 4 is 31.9 Å². The zero-order valence-electron chi connectivity index (χ0n) is 12.2. The maximum Gasteiger partial charge on any atom is 0.228 e. The Kier molecular flexibility index (Phi) is 5.89. The maximum atomic E-state index is 5.34. The summed E-state index contributed by atoms with van der Waals surface area (Å²) in [7, 11) is 1.96. The molecular formula is C14H18Br2N4O. The molecule has 1 unspecified atom stereocenters. The van der Waals surface area contributed by atoms with E-state index in [0.29, 0.717) is 29.4 Å². The van der Waals surface area contributed by atoms with Crippen molar-refractivity contribution in [2.45, 2.75) is 32.7 Å². The summed E-state index contributed by atoms with van der Waals surface area (Å²) in [6, 6.07) is 2.24. The van der Waals surface area contributed by atoms with Crippen LogP contribution in [0, 0.1) is 5.92 Å². The smallest absolute Gasteiger partial charge is 0.228 e. The van der Waals surface area contributed by atoms with Gasteiger partial charge in [0.25, 0.3) is 0 Å². The van der Waals surface area contributed by atoms with Crippen LogP contribution in [0.25, 0.3) is 11.5 Å². The first kappa shape index (κ1) is 16.6. The molecule has 0 aliphatic rings. The lowest BCUT2D eigenvalue weighted by molar-refractivity contribution is 0.345. The molecule has 0 aromatic carbocycles. The van der Waals surface area contributed by atoms with Gasteiger partial charge in [-0.25, -0.2) is 0 Å². The third-order valence-corrected chi connectivity index (χ3v) is 4.11. The second-order valence-corrected chi connectivity index (χ2v) is 7.08. The highest BCUT2D eigenvalue weighted by molar-refractivity contribution is 9.11. The summed E-state index contributed by atoms with van der Waals surface area (Å²) in [6.45, 7) is 4.40. The van der Waals surface area contributed by atoms with Gasteiger partial charge in [0, 0.05) is 27.6 Å². The number of nitrogens with one attached hydrogen (secondary N) is 1. The van der Waals surface area contributed by atoms with Crippen molar-refractivity contribution in [3.8, 4) is 11.5 Å². The van der Waals surface area contributed by atoms with Crippen molar-refractivity contribution in [2.75, 3.05) is 7.05 Å². The second kappa shape index (κ2) is 7.47. The summed E-state index contributed by atoms with van der Waals surface area (Å²) >= 11 is 6.84. The highest BCUT2D eigenvalue weighted by Crippen LogP contribution is 2.26. The molecule has 7 heteroatoms. The average Bonchev–Trinajstić information content (AvgIpc) is 2.85. The largest absolute Gasteiger partial charge is 0.339 e. The monoisotopic (exact) mass is 416 g/mol. The lowest BCUT2D eigenvalue weighted by atomic mass is 10.0. The molecule has 0 aliphatic carbocycles. The number of hydrogen-bond acceptors (Lipinski definition) is 5. The summed E-state index contributed by atoms with van der Waals surface area (Å²) in [5.74, 6) is 1.75. The first-order valence-corrected chi connectivity index (χ1v) is 8.39. The molecule has 1 atom stereocenters. The third-order valence-electron chi connectivity index (χ3n) is 3.07. The van der Waals surface area contributed by atoms with Gasteiger partial charge in [-0.05, 0) is 57.3 Å². The first-order chi connectivity index (χ1) is 9.99. The van der Waals surface area contributed by atoms with Crippen LogP contribution in [0.3, 0.4) is 0 Å². The van der Waals surface area contributed by atoms with Gasteiger partial charge in [-0.15, -0.1) is 0 Å². The van der Waals surface area contributed by atoms with Crippen molar-refractivity contribution in [2.24, 2.45) is 5.92 Å². The van der Waals surface area contributed by atoms with Crippen LogP contribution in [-0.2, 0) is 6.42 Å². The maximum absolute atomic E-state index is 5.34. The van der Waals surface area contributed by atoms with E-state index in [-0.39, 0.29) is 0 Å². The highest BCUT2D eigenvalue weighted by atomic mass is 79.9. The van der Waals surface area contributed by atoms with Crippen LogP contribution in [0.5, 0.6) is 0 Å². The van der Waals surface area contributed by atoms with Crippen LogP contribution in [0.2, 0.25) is 0 Å². The SMILES string of the molecule is CNC(Cc1nc(-c2ncc(Br)cc2Br)no1)CC(C)C. The number of pyridine rings is 1. The van der Waals surface area contributed by atoms with Gasteiger partial charge in [-0.2, -0.15) is 4.98 Å². The van der Waals surface area contributed by atoms with Crippen LogP contribution in [0.1, 0.15) is 26.2 Å². The van der Waals surface area contributed by atoms with E-state index < -0.39 is 0 Å². The van der Waals surface area contributed by atoms with Crippen molar-refractivity contribution in [1.29, 1.82) is 0 Å². The third kappa shape index (κ3) is 4.59. The van der Waals surface area contributed by atoms with Gasteiger partial charge in [0.2, 0.25) is 11.7 Å². The minimum absolute atomic E-state index is 0.333.